The Hall–Kier alpha value is -1.17. The molecule has 1 aromatic carbocycles. The normalized spacial score (nSPS) is 20.8. The minimum Gasteiger partial charge on any atom is -0.490 e. The van der Waals surface area contributed by atoms with Crippen molar-refractivity contribution in [1.82, 2.24) is 4.90 Å². The fraction of sp³-hybridized carbons (Fsp3) is 0.533. The van der Waals surface area contributed by atoms with Crippen LogP contribution in [-0.4, -0.2) is 47.3 Å². The van der Waals surface area contributed by atoms with Gasteiger partial charge in [0.15, 0.2) is 0 Å². The van der Waals surface area contributed by atoms with Gasteiger partial charge in [-0.1, -0.05) is 31.3 Å². The van der Waals surface area contributed by atoms with Crippen LogP contribution in [0.2, 0.25) is 0 Å². The minimum absolute atomic E-state index is 0.254. The first-order valence-electron chi connectivity index (χ1n) is 6.98. The largest absolute Gasteiger partial charge is 0.490 e. The summed E-state index contributed by atoms with van der Waals surface area (Å²) in [7, 11) is 0. The number of aliphatic hydroxyl groups is 1. The van der Waals surface area contributed by atoms with E-state index < -0.39 is 6.10 Å². The highest BCUT2D eigenvalue weighted by atomic mass is 32.1. The molecule has 1 fully saturated rings. The second-order valence-corrected chi connectivity index (χ2v) is 5.92. The quantitative estimate of drug-likeness (QED) is 0.777. The number of thiocarbonyl (C=S) groups is 1. The van der Waals surface area contributed by atoms with Crippen LogP contribution in [-0.2, 0) is 0 Å². The summed E-state index contributed by atoms with van der Waals surface area (Å²) in [6.45, 7) is 5.26. The summed E-state index contributed by atoms with van der Waals surface area (Å²) in [6, 6.07) is 7.38. The molecule has 1 aliphatic heterocycles. The maximum atomic E-state index is 10.1. The molecular formula is C15H22N2O2S. The summed E-state index contributed by atoms with van der Waals surface area (Å²) in [5, 5.41) is 10.1. The van der Waals surface area contributed by atoms with Crippen molar-refractivity contribution in [2.24, 2.45) is 11.7 Å². The Bertz CT molecular complexity index is 467. The van der Waals surface area contributed by atoms with Crippen molar-refractivity contribution < 1.29 is 9.84 Å². The third-order valence-corrected chi connectivity index (χ3v) is 3.78. The van der Waals surface area contributed by atoms with Gasteiger partial charge in [-0.3, -0.25) is 0 Å². The van der Waals surface area contributed by atoms with Crippen LogP contribution in [0, 0.1) is 5.92 Å². The van der Waals surface area contributed by atoms with E-state index in [2.05, 4.69) is 11.8 Å². The fourth-order valence-electron chi connectivity index (χ4n) is 2.52. The third-order valence-electron chi connectivity index (χ3n) is 3.56. The van der Waals surface area contributed by atoms with Crippen LogP contribution >= 0.6 is 12.2 Å². The zero-order chi connectivity index (χ0) is 14.5. The Morgan fingerprint density at radius 1 is 1.55 bits per heavy atom. The molecule has 1 saturated heterocycles. The molecule has 4 nitrogen and oxygen atoms in total. The monoisotopic (exact) mass is 294 g/mol. The summed E-state index contributed by atoms with van der Waals surface area (Å²) in [6.07, 6.45) is 0.706. The number of aliphatic hydroxyl groups excluding tert-OH is 1. The van der Waals surface area contributed by atoms with E-state index in [1.165, 1.54) is 6.42 Å². The van der Waals surface area contributed by atoms with Gasteiger partial charge in [-0.15, -0.1) is 0 Å². The van der Waals surface area contributed by atoms with Crippen LogP contribution in [0.25, 0.3) is 0 Å². The maximum absolute atomic E-state index is 10.1. The molecule has 0 bridgehead atoms. The second kappa shape index (κ2) is 7.02. The van der Waals surface area contributed by atoms with Crippen LogP contribution < -0.4 is 10.5 Å². The number of β-amino-alcohol motifs (C(OH)–C–C–N with tert-alkyl or cyclic N) is 1. The van der Waals surface area contributed by atoms with Gasteiger partial charge in [0.05, 0.1) is 5.56 Å². The first-order chi connectivity index (χ1) is 9.56. The second-order valence-electron chi connectivity index (χ2n) is 5.48. The van der Waals surface area contributed by atoms with Gasteiger partial charge in [-0.25, -0.2) is 0 Å². The number of nitrogens with zero attached hydrogens (tertiary/aromatic N) is 1. The lowest BCUT2D eigenvalue weighted by Crippen LogP contribution is -2.34. The molecular weight excluding hydrogens is 272 g/mol. The molecule has 20 heavy (non-hydrogen) atoms. The van der Waals surface area contributed by atoms with Crippen molar-refractivity contribution >= 4 is 17.2 Å². The molecule has 0 aliphatic carbocycles. The first kappa shape index (κ1) is 15.2. The van der Waals surface area contributed by atoms with Gasteiger partial charge in [0.25, 0.3) is 0 Å². The van der Waals surface area contributed by atoms with Gasteiger partial charge in [0.2, 0.25) is 0 Å². The molecule has 1 heterocycles. The van der Waals surface area contributed by atoms with E-state index in [4.69, 9.17) is 22.7 Å². The number of likely N-dealkylation sites (tertiary alicyclic amines) is 1. The Morgan fingerprint density at radius 3 is 2.95 bits per heavy atom. The van der Waals surface area contributed by atoms with E-state index >= 15 is 0 Å². The van der Waals surface area contributed by atoms with Crippen LogP contribution in [0.5, 0.6) is 5.75 Å². The predicted molar refractivity (Wildman–Crippen MR) is 84.1 cm³/mol. The number of rotatable bonds is 6. The third kappa shape index (κ3) is 4.16. The Labute approximate surface area is 125 Å². The Morgan fingerprint density at radius 2 is 2.30 bits per heavy atom. The number of para-hydroxylation sites is 1. The number of hydrogen-bond donors (Lipinski definition) is 2. The van der Waals surface area contributed by atoms with Crippen LogP contribution in [0.3, 0.4) is 0 Å². The molecule has 2 atom stereocenters. The number of hydrogen-bond acceptors (Lipinski definition) is 4. The van der Waals surface area contributed by atoms with Crippen LogP contribution in [0.15, 0.2) is 24.3 Å². The Balaban J connectivity index is 1.84. The van der Waals surface area contributed by atoms with E-state index in [9.17, 15) is 5.11 Å². The molecule has 0 spiro atoms. The highest BCUT2D eigenvalue weighted by molar-refractivity contribution is 7.80. The summed E-state index contributed by atoms with van der Waals surface area (Å²) in [5.74, 6) is 1.35. The average Bonchev–Trinajstić information content (AvgIpc) is 2.82. The number of nitrogens with two attached hydrogens (primary N) is 1. The van der Waals surface area contributed by atoms with Crippen molar-refractivity contribution in [3.8, 4) is 5.75 Å². The predicted octanol–water partition coefficient (Wildman–Crippen LogP) is 1.40. The molecule has 0 amide bonds. The fourth-order valence-corrected chi connectivity index (χ4v) is 2.69. The Kier molecular flexibility index (Phi) is 5.34. The molecule has 0 saturated carbocycles. The molecule has 3 N–H and O–H groups in total. The summed E-state index contributed by atoms with van der Waals surface area (Å²) in [4.78, 5) is 2.58. The van der Waals surface area contributed by atoms with Gasteiger partial charge < -0.3 is 20.5 Å². The van der Waals surface area contributed by atoms with Gasteiger partial charge in [0.1, 0.15) is 23.4 Å². The summed E-state index contributed by atoms with van der Waals surface area (Å²) in [5.41, 5.74) is 6.36. The molecule has 110 valence electrons. The first-order valence-corrected chi connectivity index (χ1v) is 7.39. The van der Waals surface area contributed by atoms with Crippen molar-refractivity contribution in [3.05, 3.63) is 29.8 Å². The number of benzene rings is 1. The minimum atomic E-state index is -0.500. The van der Waals surface area contributed by atoms with E-state index in [1.807, 2.05) is 24.3 Å². The SMILES string of the molecule is CC1CCN(CC(O)COc2ccccc2C(N)=S)C1. The highest BCUT2D eigenvalue weighted by Gasteiger charge is 2.21. The zero-order valence-corrected chi connectivity index (χ0v) is 12.6. The number of ether oxygens (including phenoxy) is 1. The van der Waals surface area contributed by atoms with Gasteiger partial charge in [0, 0.05) is 13.1 Å². The van der Waals surface area contributed by atoms with E-state index in [-0.39, 0.29) is 6.61 Å². The smallest absolute Gasteiger partial charge is 0.129 e. The topological polar surface area (TPSA) is 58.7 Å². The van der Waals surface area contributed by atoms with Crippen molar-refractivity contribution in [2.45, 2.75) is 19.4 Å². The van der Waals surface area contributed by atoms with E-state index in [0.29, 0.717) is 22.8 Å². The zero-order valence-electron chi connectivity index (χ0n) is 11.8. The lowest BCUT2D eigenvalue weighted by atomic mass is 10.2. The lowest BCUT2D eigenvalue weighted by molar-refractivity contribution is 0.0748. The van der Waals surface area contributed by atoms with Crippen molar-refractivity contribution in [2.75, 3.05) is 26.2 Å². The molecule has 0 aromatic heterocycles. The van der Waals surface area contributed by atoms with E-state index in [0.717, 1.165) is 19.0 Å². The van der Waals surface area contributed by atoms with Crippen LogP contribution in [0.4, 0.5) is 0 Å². The summed E-state index contributed by atoms with van der Waals surface area (Å²) < 4.78 is 5.65. The van der Waals surface area contributed by atoms with Crippen molar-refractivity contribution in [1.29, 1.82) is 0 Å². The molecule has 2 rings (SSSR count). The molecule has 2 unspecified atom stereocenters. The molecule has 1 aromatic rings. The molecule has 5 heteroatoms. The van der Waals surface area contributed by atoms with Crippen molar-refractivity contribution in [3.63, 3.8) is 0 Å². The highest BCUT2D eigenvalue weighted by Crippen LogP contribution is 2.19. The molecule has 1 aliphatic rings. The van der Waals surface area contributed by atoms with Crippen LogP contribution in [0.1, 0.15) is 18.9 Å². The van der Waals surface area contributed by atoms with E-state index in [1.54, 1.807) is 0 Å². The van der Waals surface area contributed by atoms with Gasteiger partial charge in [-0.05, 0) is 31.0 Å². The maximum Gasteiger partial charge on any atom is 0.129 e. The average molecular weight is 294 g/mol. The summed E-state index contributed by atoms with van der Waals surface area (Å²) >= 11 is 4.99. The molecule has 0 radical (unpaired) electrons. The standard InChI is InChI=1S/C15H22N2O2S/c1-11-6-7-17(8-11)9-12(18)10-19-14-5-3-2-4-13(14)15(16)20/h2-5,11-12,18H,6-10H2,1H3,(H2,16,20). The lowest BCUT2D eigenvalue weighted by Gasteiger charge is -2.20. The van der Waals surface area contributed by atoms with Gasteiger partial charge in [-0.2, -0.15) is 0 Å². The van der Waals surface area contributed by atoms with Gasteiger partial charge >= 0.3 is 0 Å².